The van der Waals surface area contributed by atoms with E-state index >= 15 is 0 Å². The quantitative estimate of drug-likeness (QED) is 0.719. The Hall–Kier alpha value is -2.77. The fraction of sp³-hybridized carbons (Fsp3) is 0.111. The minimum atomic E-state index is -0.345. The van der Waals surface area contributed by atoms with Crippen molar-refractivity contribution >= 4 is 22.6 Å². The Balaban J connectivity index is 2.35. The van der Waals surface area contributed by atoms with Crippen LogP contribution in [0.5, 0.6) is 5.75 Å². The van der Waals surface area contributed by atoms with Gasteiger partial charge in [-0.3, -0.25) is 4.79 Å². The predicted octanol–water partition coefficient (Wildman–Crippen LogP) is 4.32. The Bertz CT molecular complexity index is 971. The summed E-state index contributed by atoms with van der Waals surface area (Å²) in [5.41, 5.74) is 1.60. The highest BCUT2D eigenvalue weighted by atomic mass is 35.5. The van der Waals surface area contributed by atoms with Crippen LogP contribution in [0.15, 0.2) is 51.7 Å². The van der Waals surface area contributed by atoms with Gasteiger partial charge < -0.3 is 9.15 Å². The van der Waals surface area contributed by atoms with Crippen LogP contribution >= 0.6 is 11.6 Å². The number of fused-ring (bicyclic) bond motifs is 1. The monoisotopic (exact) mass is 325 g/mol. The van der Waals surface area contributed by atoms with Gasteiger partial charge in [0.15, 0.2) is 12.4 Å². The molecule has 0 atom stereocenters. The molecular formula is C18H12ClNO3. The molecule has 0 saturated carbocycles. The fourth-order valence-electron chi connectivity index (χ4n) is 2.31. The van der Waals surface area contributed by atoms with Crippen molar-refractivity contribution in [2.24, 2.45) is 0 Å². The summed E-state index contributed by atoms with van der Waals surface area (Å²) in [6.45, 7) is 1.60. The lowest BCUT2D eigenvalue weighted by Crippen LogP contribution is -2.10. The van der Waals surface area contributed by atoms with Crippen LogP contribution in [0.25, 0.3) is 22.3 Å². The zero-order chi connectivity index (χ0) is 16.4. The Morgan fingerprint density at radius 2 is 2.00 bits per heavy atom. The largest absolute Gasteiger partial charge is 0.471 e. The van der Waals surface area contributed by atoms with Crippen molar-refractivity contribution in [2.75, 3.05) is 6.61 Å². The van der Waals surface area contributed by atoms with E-state index in [2.05, 4.69) is 0 Å². The molecule has 3 rings (SSSR count). The molecule has 1 aromatic heterocycles. The number of aryl methyl sites for hydroxylation is 1. The summed E-state index contributed by atoms with van der Waals surface area (Å²) in [7, 11) is 0. The summed E-state index contributed by atoms with van der Waals surface area (Å²) in [5.74, 6) is 0.324. The van der Waals surface area contributed by atoms with Gasteiger partial charge in [-0.2, -0.15) is 5.26 Å². The SMILES string of the molecule is Cc1cc2oc(-c3ccccc3)c(OCC#N)c(=O)c2cc1Cl. The van der Waals surface area contributed by atoms with Crippen molar-refractivity contribution in [1.29, 1.82) is 5.26 Å². The summed E-state index contributed by atoms with van der Waals surface area (Å²) < 4.78 is 11.2. The topological polar surface area (TPSA) is 63.2 Å². The van der Waals surface area contributed by atoms with E-state index in [9.17, 15) is 4.79 Å². The molecule has 0 aliphatic heterocycles. The summed E-state index contributed by atoms with van der Waals surface area (Å²) >= 11 is 6.10. The zero-order valence-corrected chi connectivity index (χ0v) is 13.1. The maximum Gasteiger partial charge on any atom is 0.235 e. The molecule has 5 heteroatoms. The summed E-state index contributed by atoms with van der Waals surface area (Å²) in [4.78, 5) is 12.7. The van der Waals surface area contributed by atoms with Crippen LogP contribution in [0, 0.1) is 18.3 Å². The molecule has 0 amide bonds. The minimum absolute atomic E-state index is 0.0187. The normalized spacial score (nSPS) is 10.5. The van der Waals surface area contributed by atoms with Gasteiger partial charge in [-0.15, -0.1) is 0 Å². The maximum absolute atomic E-state index is 12.7. The second-order valence-corrected chi connectivity index (χ2v) is 5.41. The van der Waals surface area contributed by atoms with Gasteiger partial charge in [0.2, 0.25) is 11.2 Å². The van der Waals surface area contributed by atoms with Gasteiger partial charge in [0, 0.05) is 10.6 Å². The first-order valence-corrected chi connectivity index (χ1v) is 7.31. The molecule has 114 valence electrons. The van der Waals surface area contributed by atoms with Crippen molar-refractivity contribution in [2.45, 2.75) is 6.92 Å². The third-order valence-electron chi connectivity index (χ3n) is 3.45. The Morgan fingerprint density at radius 1 is 1.26 bits per heavy atom. The molecular weight excluding hydrogens is 314 g/mol. The summed E-state index contributed by atoms with van der Waals surface area (Å²) in [6.07, 6.45) is 0. The number of rotatable bonds is 3. The van der Waals surface area contributed by atoms with E-state index in [1.54, 1.807) is 12.1 Å². The maximum atomic E-state index is 12.7. The number of hydrogen-bond acceptors (Lipinski definition) is 4. The predicted molar refractivity (Wildman–Crippen MR) is 88.8 cm³/mol. The lowest BCUT2D eigenvalue weighted by atomic mass is 10.1. The fourth-order valence-corrected chi connectivity index (χ4v) is 2.48. The second kappa shape index (κ2) is 6.15. The molecule has 1 heterocycles. The molecule has 2 aromatic carbocycles. The van der Waals surface area contributed by atoms with E-state index in [0.717, 1.165) is 5.56 Å². The van der Waals surface area contributed by atoms with Crippen LogP contribution in [-0.4, -0.2) is 6.61 Å². The molecule has 0 spiro atoms. The number of nitriles is 1. The van der Waals surface area contributed by atoms with Gasteiger partial charge >= 0.3 is 0 Å². The highest BCUT2D eigenvalue weighted by Gasteiger charge is 2.18. The average Bonchev–Trinajstić information content (AvgIpc) is 2.56. The van der Waals surface area contributed by atoms with Gasteiger partial charge in [-0.25, -0.2) is 0 Å². The molecule has 0 aliphatic carbocycles. The van der Waals surface area contributed by atoms with Gasteiger partial charge in [0.05, 0.1) is 5.39 Å². The van der Waals surface area contributed by atoms with Crippen LogP contribution in [0.1, 0.15) is 5.56 Å². The van der Waals surface area contributed by atoms with Gasteiger partial charge in [-0.1, -0.05) is 41.9 Å². The number of nitrogens with zero attached hydrogens (tertiary/aromatic N) is 1. The third kappa shape index (κ3) is 2.79. The molecule has 0 fully saturated rings. The molecule has 0 unspecified atom stereocenters. The van der Waals surface area contributed by atoms with Gasteiger partial charge in [0.1, 0.15) is 11.7 Å². The first kappa shape index (κ1) is 15.1. The number of ether oxygens (including phenoxy) is 1. The molecule has 4 nitrogen and oxygen atoms in total. The van der Waals surface area contributed by atoms with Crippen LogP contribution in [-0.2, 0) is 0 Å². The molecule has 0 N–H and O–H groups in total. The molecule has 23 heavy (non-hydrogen) atoms. The highest BCUT2D eigenvalue weighted by Crippen LogP contribution is 2.32. The molecule has 3 aromatic rings. The lowest BCUT2D eigenvalue weighted by molar-refractivity contribution is 0.356. The highest BCUT2D eigenvalue weighted by molar-refractivity contribution is 6.32. The first-order valence-electron chi connectivity index (χ1n) is 6.94. The second-order valence-electron chi connectivity index (χ2n) is 5.00. The number of halogens is 1. The zero-order valence-electron chi connectivity index (χ0n) is 12.3. The molecule has 0 saturated heterocycles. The van der Waals surface area contributed by atoms with E-state index in [1.807, 2.05) is 43.3 Å². The van der Waals surface area contributed by atoms with Crippen LogP contribution in [0.2, 0.25) is 5.02 Å². The lowest BCUT2D eigenvalue weighted by Gasteiger charge is -2.10. The number of benzene rings is 2. The van der Waals surface area contributed by atoms with E-state index in [4.69, 9.17) is 26.0 Å². The van der Waals surface area contributed by atoms with Crippen LogP contribution in [0.3, 0.4) is 0 Å². The van der Waals surface area contributed by atoms with E-state index in [-0.39, 0.29) is 17.8 Å². The molecule has 0 radical (unpaired) electrons. The molecule has 0 bridgehead atoms. The standard InChI is InChI=1S/C18H12ClNO3/c1-11-9-15-13(10-14(11)19)16(21)18(22-8-7-20)17(23-15)12-5-3-2-4-6-12/h2-6,9-10H,8H2,1H3. The average molecular weight is 326 g/mol. The van der Waals surface area contributed by atoms with E-state index in [0.29, 0.717) is 27.3 Å². The Morgan fingerprint density at radius 3 is 2.70 bits per heavy atom. The van der Waals surface area contributed by atoms with Gasteiger partial charge in [0.25, 0.3) is 0 Å². The van der Waals surface area contributed by atoms with E-state index < -0.39 is 0 Å². The summed E-state index contributed by atoms with van der Waals surface area (Å²) in [6, 6.07) is 14.3. The van der Waals surface area contributed by atoms with Crippen molar-refractivity contribution in [3.63, 3.8) is 0 Å². The summed E-state index contributed by atoms with van der Waals surface area (Å²) in [5, 5.41) is 9.55. The van der Waals surface area contributed by atoms with Crippen LogP contribution in [0.4, 0.5) is 0 Å². The first-order chi connectivity index (χ1) is 11.1. The Kier molecular flexibility index (Phi) is 4.05. The smallest absolute Gasteiger partial charge is 0.235 e. The van der Waals surface area contributed by atoms with Crippen molar-refractivity contribution in [3.8, 4) is 23.1 Å². The number of hydrogen-bond donors (Lipinski definition) is 0. The van der Waals surface area contributed by atoms with Crippen molar-refractivity contribution in [1.82, 2.24) is 0 Å². The van der Waals surface area contributed by atoms with E-state index in [1.165, 1.54) is 0 Å². The van der Waals surface area contributed by atoms with Gasteiger partial charge in [-0.05, 0) is 24.6 Å². The molecule has 0 aliphatic rings. The van der Waals surface area contributed by atoms with Crippen molar-refractivity contribution < 1.29 is 9.15 Å². The minimum Gasteiger partial charge on any atom is -0.471 e. The van der Waals surface area contributed by atoms with Crippen molar-refractivity contribution in [3.05, 3.63) is 63.3 Å². The Labute approximate surface area is 137 Å². The van der Waals surface area contributed by atoms with Crippen LogP contribution < -0.4 is 10.2 Å². The third-order valence-corrected chi connectivity index (χ3v) is 3.85.